The quantitative estimate of drug-likeness (QED) is 0.818. The van der Waals surface area contributed by atoms with E-state index in [1.54, 1.807) is 0 Å². The molecule has 0 radical (unpaired) electrons. The second-order valence-corrected chi connectivity index (χ2v) is 6.46. The van der Waals surface area contributed by atoms with Crippen LogP contribution in [0.2, 0.25) is 0 Å². The molecule has 0 aromatic heterocycles. The molecule has 0 bridgehead atoms. The molecular formula is C17H28NO2+. The monoisotopic (exact) mass is 278 g/mol. The maximum Gasteiger partial charge on any atom is 0.126 e. The Bertz CT molecular complexity index is 372. The van der Waals surface area contributed by atoms with E-state index in [1.807, 2.05) is 30.3 Å². The van der Waals surface area contributed by atoms with Crippen molar-refractivity contribution in [3.05, 3.63) is 35.9 Å². The number of likely N-dealkylation sites (tertiary alicyclic amines) is 1. The number of aliphatic hydroxyl groups is 1. The van der Waals surface area contributed by atoms with E-state index >= 15 is 0 Å². The van der Waals surface area contributed by atoms with Crippen LogP contribution in [-0.4, -0.2) is 37.5 Å². The fourth-order valence-corrected chi connectivity index (χ4v) is 3.37. The van der Waals surface area contributed by atoms with Crippen molar-refractivity contribution in [2.24, 2.45) is 11.8 Å². The summed E-state index contributed by atoms with van der Waals surface area (Å²) in [5.41, 5.74) is 1.16. The summed E-state index contributed by atoms with van der Waals surface area (Å²) in [4.78, 5) is 1.52. The van der Waals surface area contributed by atoms with Crippen molar-refractivity contribution in [2.75, 3.05) is 26.2 Å². The van der Waals surface area contributed by atoms with Crippen LogP contribution in [0.3, 0.4) is 0 Å². The highest BCUT2D eigenvalue weighted by Gasteiger charge is 2.26. The van der Waals surface area contributed by atoms with E-state index in [0.29, 0.717) is 13.2 Å². The molecule has 0 spiro atoms. The summed E-state index contributed by atoms with van der Waals surface area (Å²) < 4.78 is 5.61. The molecule has 2 rings (SSSR count). The first kappa shape index (κ1) is 15.5. The van der Waals surface area contributed by atoms with Crippen molar-refractivity contribution in [3.63, 3.8) is 0 Å². The first-order valence-corrected chi connectivity index (χ1v) is 7.76. The van der Waals surface area contributed by atoms with Gasteiger partial charge in [0, 0.05) is 11.8 Å². The lowest BCUT2D eigenvalue weighted by atomic mass is 9.92. The molecule has 4 atom stereocenters. The minimum atomic E-state index is -0.355. The summed E-state index contributed by atoms with van der Waals surface area (Å²) in [6, 6.07) is 10.1. The average molecular weight is 278 g/mol. The maximum absolute atomic E-state index is 10.1. The molecule has 112 valence electrons. The van der Waals surface area contributed by atoms with Gasteiger partial charge < -0.3 is 14.7 Å². The normalized spacial score (nSPS) is 28.2. The lowest BCUT2D eigenvalue weighted by molar-refractivity contribution is -0.915. The number of nitrogens with one attached hydrogen (secondary N) is 1. The van der Waals surface area contributed by atoms with Gasteiger partial charge in [-0.05, 0) is 12.0 Å². The third-order valence-corrected chi connectivity index (χ3v) is 4.03. The Labute approximate surface area is 122 Å². The van der Waals surface area contributed by atoms with Crippen LogP contribution in [0.15, 0.2) is 30.3 Å². The predicted octanol–water partition coefficient (Wildman–Crippen LogP) is 1.12. The molecule has 0 aliphatic carbocycles. The van der Waals surface area contributed by atoms with E-state index in [4.69, 9.17) is 4.74 Å². The maximum atomic E-state index is 10.1. The van der Waals surface area contributed by atoms with Gasteiger partial charge in [0.1, 0.15) is 12.6 Å². The number of benzene rings is 1. The minimum absolute atomic E-state index is 0.355. The van der Waals surface area contributed by atoms with Crippen LogP contribution in [0.1, 0.15) is 25.8 Å². The Morgan fingerprint density at radius 3 is 2.50 bits per heavy atom. The van der Waals surface area contributed by atoms with E-state index in [2.05, 4.69) is 13.8 Å². The van der Waals surface area contributed by atoms with Gasteiger partial charge in [0.25, 0.3) is 0 Å². The third kappa shape index (κ3) is 5.23. The van der Waals surface area contributed by atoms with Crippen LogP contribution in [0.4, 0.5) is 0 Å². The molecule has 0 amide bonds. The predicted molar refractivity (Wildman–Crippen MR) is 80.6 cm³/mol. The number of aliphatic hydroxyl groups excluding tert-OH is 1. The zero-order chi connectivity index (χ0) is 14.4. The average Bonchev–Trinajstić information content (AvgIpc) is 2.38. The Morgan fingerprint density at radius 2 is 1.85 bits per heavy atom. The standard InChI is InChI=1S/C17H27NO2/c1-14-8-15(2)10-18(9-14)11-17(19)13-20-12-16-6-4-3-5-7-16/h3-7,14-15,17,19H,8-13H2,1-2H3/p+1/t14-,15+,17-/m0/s1. The molecule has 1 heterocycles. The summed E-state index contributed by atoms with van der Waals surface area (Å²) in [6.07, 6.45) is 0.968. The van der Waals surface area contributed by atoms with E-state index in [9.17, 15) is 5.11 Å². The molecule has 1 fully saturated rings. The van der Waals surface area contributed by atoms with Crippen molar-refractivity contribution in [1.82, 2.24) is 0 Å². The number of hydrogen-bond acceptors (Lipinski definition) is 2. The van der Waals surface area contributed by atoms with Gasteiger partial charge in [-0.2, -0.15) is 0 Å². The molecule has 2 N–H and O–H groups in total. The fourth-order valence-electron chi connectivity index (χ4n) is 3.37. The Kier molecular flexibility index (Phi) is 6.02. The van der Waals surface area contributed by atoms with Crippen LogP contribution in [-0.2, 0) is 11.3 Å². The summed E-state index contributed by atoms with van der Waals surface area (Å²) >= 11 is 0. The first-order chi connectivity index (χ1) is 9.63. The van der Waals surface area contributed by atoms with Crippen molar-refractivity contribution in [2.45, 2.75) is 33.0 Å². The minimum Gasteiger partial charge on any atom is -0.385 e. The summed E-state index contributed by atoms with van der Waals surface area (Å²) in [6.45, 7) is 8.81. The van der Waals surface area contributed by atoms with E-state index < -0.39 is 0 Å². The number of quaternary nitrogens is 1. The van der Waals surface area contributed by atoms with Crippen molar-refractivity contribution >= 4 is 0 Å². The molecule has 1 aromatic rings. The van der Waals surface area contributed by atoms with Crippen LogP contribution < -0.4 is 4.90 Å². The fraction of sp³-hybridized carbons (Fsp3) is 0.647. The lowest BCUT2D eigenvalue weighted by Crippen LogP contribution is -3.15. The van der Waals surface area contributed by atoms with E-state index in [1.165, 1.54) is 24.4 Å². The van der Waals surface area contributed by atoms with Gasteiger partial charge in [-0.1, -0.05) is 44.2 Å². The molecule has 1 unspecified atom stereocenters. The molecule has 1 aromatic carbocycles. The molecule has 1 aliphatic rings. The SMILES string of the molecule is C[C@@H]1C[C@H](C)C[NH+](C[C@H](O)COCc2ccccc2)C1. The van der Waals surface area contributed by atoms with E-state index in [0.717, 1.165) is 23.9 Å². The number of piperidine rings is 1. The van der Waals surface area contributed by atoms with Crippen molar-refractivity contribution < 1.29 is 14.7 Å². The zero-order valence-electron chi connectivity index (χ0n) is 12.7. The molecule has 20 heavy (non-hydrogen) atoms. The number of rotatable bonds is 6. The Morgan fingerprint density at radius 1 is 1.20 bits per heavy atom. The highest BCUT2D eigenvalue weighted by atomic mass is 16.5. The van der Waals surface area contributed by atoms with Gasteiger partial charge >= 0.3 is 0 Å². The second-order valence-electron chi connectivity index (χ2n) is 6.46. The highest BCUT2D eigenvalue weighted by molar-refractivity contribution is 5.13. The Hall–Kier alpha value is -0.900. The van der Waals surface area contributed by atoms with Gasteiger partial charge in [-0.3, -0.25) is 0 Å². The van der Waals surface area contributed by atoms with Gasteiger partial charge in [0.2, 0.25) is 0 Å². The molecule has 3 heteroatoms. The molecule has 0 saturated carbocycles. The molecule has 1 aliphatic heterocycles. The van der Waals surface area contributed by atoms with Crippen LogP contribution in [0.5, 0.6) is 0 Å². The van der Waals surface area contributed by atoms with Crippen LogP contribution in [0.25, 0.3) is 0 Å². The highest BCUT2D eigenvalue weighted by Crippen LogP contribution is 2.12. The molecule has 1 saturated heterocycles. The summed E-state index contributed by atoms with van der Waals surface area (Å²) in [5, 5.41) is 10.1. The van der Waals surface area contributed by atoms with Gasteiger partial charge in [0.15, 0.2) is 0 Å². The van der Waals surface area contributed by atoms with Gasteiger partial charge in [0.05, 0.1) is 26.3 Å². The van der Waals surface area contributed by atoms with Gasteiger partial charge in [-0.15, -0.1) is 0 Å². The number of hydrogen-bond donors (Lipinski definition) is 2. The van der Waals surface area contributed by atoms with Crippen LogP contribution >= 0.6 is 0 Å². The largest absolute Gasteiger partial charge is 0.385 e. The first-order valence-electron chi connectivity index (χ1n) is 7.76. The smallest absolute Gasteiger partial charge is 0.126 e. The van der Waals surface area contributed by atoms with Crippen LogP contribution in [0, 0.1) is 11.8 Å². The zero-order valence-corrected chi connectivity index (χ0v) is 12.7. The molecule has 3 nitrogen and oxygen atoms in total. The summed E-state index contributed by atoms with van der Waals surface area (Å²) in [7, 11) is 0. The second kappa shape index (κ2) is 7.77. The molecular weight excluding hydrogens is 250 g/mol. The van der Waals surface area contributed by atoms with Crippen molar-refractivity contribution in [1.29, 1.82) is 0 Å². The van der Waals surface area contributed by atoms with Crippen molar-refractivity contribution in [3.8, 4) is 0 Å². The van der Waals surface area contributed by atoms with E-state index in [-0.39, 0.29) is 6.10 Å². The third-order valence-electron chi connectivity index (χ3n) is 4.03. The topological polar surface area (TPSA) is 33.9 Å². The number of ether oxygens (including phenoxy) is 1. The Balaban J connectivity index is 1.66. The lowest BCUT2D eigenvalue weighted by Gasteiger charge is -2.33. The van der Waals surface area contributed by atoms with Gasteiger partial charge in [-0.25, -0.2) is 0 Å². The summed E-state index contributed by atoms with van der Waals surface area (Å²) in [5.74, 6) is 1.54.